The first-order valence-electron chi connectivity index (χ1n) is 12.9. The van der Waals surface area contributed by atoms with Crippen LogP contribution in [0.1, 0.15) is 44.2 Å². The molecule has 0 bridgehead atoms. The van der Waals surface area contributed by atoms with Gasteiger partial charge in [-0.05, 0) is 55.3 Å². The molecule has 1 aliphatic carbocycles. The number of hydrogen-bond donors (Lipinski definition) is 2. The van der Waals surface area contributed by atoms with Crippen molar-refractivity contribution in [1.82, 2.24) is 20.3 Å². The lowest BCUT2D eigenvalue weighted by molar-refractivity contribution is -0.127. The van der Waals surface area contributed by atoms with Crippen molar-refractivity contribution in [2.75, 3.05) is 10.2 Å². The highest BCUT2D eigenvalue weighted by molar-refractivity contribution is 6.02. The van der Waals surface area contributed by atoms with Crippen LogP contribution in [-0.4, -0.2) is 38.8 Å². The van der Waals surface area contributed by atoms with Crippen LogP contribution in [0.3, 0.4) is 0 Å². The largest absolute Gasteiger partial charge is 0.351 e. The molecule has 9 nitrogen and oxygen atoms in total. The molecule has 0 radical (unpaired) electrons. The van der Waals surface area contributed by atoms with Gasteiger partial charge in [-0.15, -0.1) is 5.10 Å². The van der Waals surface area contributed by atoms with Crippen LogP contribution in [0.15, 0.2) is 72.8 Å². The first-order chi connectivity index (χ1) is 18.9. The number of amides is 3. The average Bonchev–Trinajstić information content (AvgIpc) is 3.58. The Hall–Kier alpha value is -4.60. The lowest BCUT2D eigenvalue weighted by Gasteiger charge is -2.32. The molecule has 0 aliphatic heterocycles. The van der Waals surface area contributed by atoms with Crippen LogP contribution in [0.25, 0.3) is 11.0 Å². The predicted octanol–water partition coefficient (Wildman–Crippen LogP) is 4.36. The molecule has 1 saturated carbocycles. The Kier molecular flexibility index (Phi) is 7.62. The van der Waals surface area contributed by atoms with E-state index < -0.39 is 23.7 Å². The van der Waals surface area contributed by atoms with Crippen LogP contribution < -0.4 is 15.5 Å². The van der Waals surface area contributed by atoms with Gasteiger partial charge >= 0.3 is 0 Å². The maximum Gasteiger partial charge on any atom is 0.249 e. The summed E-state index contributed by atoms with van der Waals surface area (Å²) in [5.41, 5.74) is 2.26. The molecule has 1 fully saturated rings. The zero-order valence-corrected chi connectivity index (χ0v) is 21.5. The first-order valence-corrected chi connectivity index (χ1v) is 12.9. The third kappa shape index (κ3) is 5.79. The van der Waals surface area contributed by atoms with E-state index in [4.69, 9.17) is 0 Å². The van der Waals surface area contributed by atoms with Gasteiger partial charge in [-0.25, -0.2) is 9.07 Å². The third-order valence-electron chi connectivity index (χ3n) is 6.85. The van der Waals surface area contributed by atoms with Crippen LogP contribution in [0.5, 0.6) is 0 Å². The summed E-state index contributed by atoms with van der Waals surface area (Å²) in [6, 6.07) is 18.4. The summed E-state index contributed by atoms with van der Waals surface area (Å²) in [4.78, 5) is 40.7. The molecule has 4 aromatic rings. The minimum Gasteiger partial charge on any atom is -0.351 e. The van der Waals surface area contributed by atoms with E-state index in [2.05, 4.69) is 20.9 Å². The fraction of sp³-hybridized carbons (Fsp3) is 0.276. The van der Waals surface area contributed by atoms with Crippen molar-refractivity contribution in [1.29, 1.82) is 0 Å². The fourth-order valence-corrected chi connectivity index (χ4v) is 5.03. The van der Waals surface area contributed by atoms with E-state index in [0.29, 0.717) is 22.4 Å². The van der Waals surface area contributed by atoms with Crippen LogP contribution >= 0.6 is 0 Å². The van der Waals surface area contributed by atoms with Crippen LogP contribution in [0.2, 0.25) is 0 Å². The molecular formula is C29H29FN6O3. The number of aromatic nitrogens is 3. The molecule has 200 valence electrons. The Morgan fingerprint density at radius 2 is 1.69 bits per heavy atom. The maximum absolute atomic E-state index is 15.3. The maximum atomic E-state index is 15.3. The molecule has 1 unspecified atom stereocenters. The molecule has 39 heavy (non-hydrogen) atoms. The Labute approximate surface area is 225 Å². The Morgan fingerprint density at radius 1 is 1.00 bits per heavy atom. The molecule has 3 aromatic carbocycles. The standard InChI is InChI=1S/C29H29FN6O3/c1-19(37)31-21-14-16-22(17-15-21)36(27(38)18-35-26-13-7-6-12-25(26)33-34-35)28(23-10-4-5-11-24(23)30)29(39)32-20-8-2-3-9-20/h4-7,10-17,20,28H,2-3,8-9,18H2,1H3,(H,31,37)(H,32,39). The second kappa shape index (κ2) is 11.4. The second-order valence-corrected chi connectivity index (χ2v) is 9.64. The number of fused-ring (bicyclic) bond motifs is 1. The minimum absolute atomic E-state index is 0.0369. The first kappa shape index (κ1) is 26.0. The van der Waals surface area contributed by atoms with Crippen molar-refractivity contribution in [2.24, 2.45) is 0 Å². The number of benzene rings is 3. The second-order valence-electron chi connectivity index (χ2n) is 9.64. The summed E-state index contributed by atoms with van der Waals surface area (Å²) in [5.74, 6) is -1.78. The van der Waals surface area contributed by atoms with E-state index in [0.717, 1.165) is 25.7 Å². The SMILES string of the molecule is CC(=O)Nc1ccc(N(C(=O)Cn2nnc3ccccc32)C(C(=O)NC2CCCC2)c2ccccc2F)cc1. The number of halogens is 1. The van der Waals surface area contributed by atoms with E-state index in [1.165, 1.54) is 28.6 Å². The fourth-order valence-electron chi connectivity index (χ4n) is 5.03. The molecule has 3 amide bonds. The molecule has 1 atom stereocenters. The van der Waals surface area contributed by atoms with Crippen LogP contribution in [0, 0.1) is 5.82 Å². The highest BCUT2D eigenvalue weighted by Gasteiger charge is 2.36. The van der Waals surface area contributed by atoms with Crippen molar-refractivity contribution in [3.05, 3.63) is 84.2 Å². The van der Waals surface area contributed by atoms with E-state index in [1.807, 2.05) is 12.1 Å². The monoisotopic (exact) mass is 528 g/mol. The summed E-state index contributed by atoms with van der Waals surface area (Å²) < 4.78 is 16.7. The summed E-state index contributed by atoms with van der Waals surface area (Å²) >= 11 is 0. The zero-order valence-electron chi connectivity index (χ0n) is 21.5. The molecule has 1 heterocycles. The lowest BCUT2D eigenvalue weighted by atomic mass is 10.0. The molecule has 1 aromatic heterocycles. The van der Waals surface area contributed by atoms with Gasteiger partial charge in [-0.1, -0.05) is 48.4 Å². The van der Waals surface area contributed by atoms with Crippen molar-refractivity contribution < 1.29 is 18.8 Å². The summed E-state index contributed by atoms with van der Waals surface area (Å²) in [6.45, 7) is 1.17. The van der Waals surface area contributed by atoms with E-state index >= 15 is 4.39 Å². The van der Waals surface area contributed by atoms with Gasteiger partial charge in [0.1, 0.15) is 23.9 Å². The molecule has 5 rings (SSSR count). The molecule has 2 N–H and O–H groups in total. The normalized spacial score (nSPS) is 14.2. The van der Waals surface area contributed by atoms with E-state index in [9.17, 15) is 14.4 Å². The summed E-state index contributed by atoms with van der Waals surface area (Å²) in [7, 11) is 0. The zero-order chi connectivity index (χ0) is 27.4. The minimum atomic E-state index is -1.28. The van der Waals surface area contributed by atoms with Crippen molar-refractivity contribution >= 4 is 40.1 Å². The number of anilines is 2. The quantitative estimate of drug-likeness (QED) is 0.353. The summed E-state index contributed by atoms with van der Waals surface area (Å²) in [5, 5.41) is 14.0. The van der Waals surface area contributed by atoms with Gasteiger partial charge in [-0.2, -0.15) is 0 Å². The molecule has 0 saturated heterocycles. The van der Waals surface area contributed by atoms with E-state index in [-0.39, 0.29) is 24.1 Å². The van der Waals surface area contributed by atoms with Crippen molar-refractivity contribution in [3.8, 4) is 0 Å². The van der Waals surface area contributed by atoms with Crippen molar-refractivity contribution in [2.45, 2.75) is 51.2 Å². The van der Waals surface area contributed by atoms with Gasteiger partial charge in [0, 0.05) is 29.9 Å². The number of hydrogen-bond acceptors (Lipinski definition) is 5. The average molecular weight is 529 g/mol. The molecule has 1 aliphatic rings. The Bertz CT molecular complexity index is 1500. The summed E-state index contributed by atoms with van der Waals surface area (Å²) in [6.07, 6.45) is 3.67. The van der Waals surface area contributed by atoms with Crippen LogP contribution in [0.4, 0.5) is 15.8 Å². The highest BCUT2D eigenvalue weighted by Crippen LogP contribution is 2.32. The van der Waals surface area contributed by atoms with Crippen LogP contribution in [-0.2, 0) is 20.9 Å². The molecular weight excluding hydrogens is 499 g/mol. The number of nitrogens with one attached hydrogen (secondary N) is 2. The van der Waals surface area contributed by atoms with E-state index in [1.54, 1.807) is 48.5 Å². The molecule has 10 heteroatoms. The Morgan fingerprint density at radius 3 is 2.41 bits per heavy atom. The van der Waals surface area contributed by atoms with Gasteiger partial charge in [0.15, 0.2) is 0 Å². The smallest absolute Gasteiger partial charge is 0.249 e. The van der Waals surface area contributed by atoms with Crippen molar-refractivity contribution in [3.63, 3.8) is 0 Å². The van der Waals surface area contributed by atoms with Gasteiger partial charge < -0.3 is 10.6 Å². The topological polar surface area (TPSA) is 109 Å². The lowest BCUT2D eigenvalue weighted by Crippen LogP contribution is -2.47. The number of para-hydroxylation sites is 1. The van der Waals surface area contributed by atoms with Gasteiger partial charge in [0.25, 0.3) is 0 Å². The predicted molar refractivity (Wildman–Crippen MR) is 145 cm³/mol. The number of nitrogens with zero attached hydrogens (tertiary/aromatic N) is 4. The number of carbonyl (C=O) groups is 3. The number of rotatable bonds is 8. The molecule has 0 spiro atoms. The van der Waals surface area contributed by atoms with Gasteiger partial charge in [0.2, 0.25) is 17.7 Å². The number of carbonyl (C=O) groups excluding carboxylic acids is 3. The van der Waals surface area contributed by atoms with Gasteiger partial charge in [-0.3, -0.25) is 19.3 Å². The van der Waals surface area contributed by atoms with Gasteiger partial charge in [0.05, 0.1) is 5.52 Å². The third-order valence-corrected chi connectivity index (χ3v) is 6.85. The Balaban J connectivity index is 1.58. The highest BCUT2D eigenvalue weighted by atomic mass is 19.1.